The van der Waals surface area contributed by atoms with Gasteiger partial charge in [0.1, 0.15) is 12.1 Å². The van der Waals surface area contributed by atoms with Gasteiger partial charge >= 0.3 is 0 Å². The Morgan fingerprint density at radius 3 is 2.67 bits per heavy atom. The van der Waals surface area contributed by atoms with E-state index in [-0.39, 0.29) is 5.91 Å². The number of hydrogen-bond acceptors (Lipinski definition) is 5. The normalized spacial score (nSPS) is 18.2. The summed E-state index contributed by atoms with van der Waals surface area (Å²) in [7, 11) is 6.09. The molecule has 0 spiro atoms. The summed E-state index contributed by atoms with van der Waals surface area (Å²) < 4.78 is 0. The van der Waals surface area contributed by atoms with Crippen LogP contribution in [0.1, 0.15) is 11.3 Å². The molecular formula is C21H29N5O. The van der Waals surface area contributed by atoms with Gasteiger partial charge in [-0.3, -0.25) is 4.79 Å². The Morgan fingerprint density at radius 1 is 1.15 bits per heavy atom. The molecule has 2 heterocycles. The number of likely N-dealkylation sites (N-methyl/N-ethyl adjacent to an activating group) is 1. The van der Waals surface area contributed by atoms with Gasteiger partial charge in [-0.05, 0) is 24.9 Å². The molecule has 1 aliphatic heterocycles. The quantitative estimate of drug-likeness (QED) is 0.805. The largest absolute Gasteiger partial charge is 0.363 e. The molecule has 6 nitrogen and oxygen atoms in total. The van der Waals surface area contributed by atoms with Gasteiger partial charge in [-0.2, -0.15) is 0 Å². The van der Waals surface area contributed by atoms with Crippen molar-refractivity contribution in [2.75, 3.05) is 52.2 Å². The third-order valence-electron chi connectivity index (χ3n) is 5.02. The minimum Gasteiger partial charge on any atom is -0.363 e. The molecule has 1 fully saturated rings. The van der Waals surface area contributed by atoms with E-state index in [0.29, 0.717) is 12.3 Å². The smallest absolute Gasteiger partial charge is 0.227 e. The highest BCUT2D eigenvalue weighted by Gasteiger charge is 2.25. The number of anilines is 1. The summed E-state index contributed by atoms with van der Waals surface area (Å²) in [5.41, 5.74) is 2.10. The third kappa shape index (κ3) is 5.50. The first-order chi connectivity index (χ1) is 13.0. The molecule has 6 heteroatoms. The molecule has 0 unspecified atom stereocenters. The molecule has 1 amide bonds. The lowest BCUT2D eigenvalue weighted by molar-refractivity contribution is -0.130. The molecule has 1 aliphatic rings. The Labute approximate surface area is 161 Å². The van der Waals surface area contributed by atoms with E-state index < -0.39 is 0 Å². The topological polar surface area (TPSA) is 52.6 Å². The Morgan fingerprint density at radius 2 is 1.93 bits per heavy atom. The molecule has 0 saturated carbocycles. The highest BCUT2D eigenvalue weighted by molar-refractivity contribution is 5.78. The second kappa shape index (κ2) is 8.95. The van der Waals surface area contributed by atoms with Crippen molar-refractivity contribution in [3.63, 3.8) is 0 Å². The molecule has 1 atom stereocenters. The fourth-order valence-corrected chi connectivity index (χ4v) is 3.56. The lowest BCUT2D eigenvalue weighted by Crippen LogP contribution is -2.37. The zero-order chi connectivity index (χ0) is 19.2. The summed E-state index contributed by atoms with van der Waals surface area (Å²) in [5.74, 6) is 1.49. The Balaban J connectivity index is 1.68. The molecule has 1 aromatic heterocycles. The predicted molar refractivity (Wildman–Crippen MR) is 108 cm³/mol. The van der Waals surface area contributed by atoms with Crippen LogP contribution in [0.25, 0.3) is 0 Å². The van der Waals surface area contributed by atoms with E-state index in [1.54, 1.807) is 6.33 Å². The number of carbonyl (C=O) groups excluding carboxylic acids is 1. The molecule has 1 saturated heterocycles. The molecule has 3 rings (SSSR count). The molecule has 2 aromatic rings. The van der Waals surface area contributed by atoms with E-state index in [0.717, 1.165) is 49.7 Å². The fourth-order valence-electron chi connectivity index (χ4n) is 3.56. The van der Waals surface area contributed by atoms with Gasteiger partial charge in [0.05, 0.1) is 6.42 Å². The first-order valence-corrected chi connectivity index (χ1v) is 9.49. The number of hydrogen-bond donors (Lipinski definition) is 0. The van der Waals surface area contributed by atoms with E-state index in [9.17, 15) is 4.79 Å². The standard InChI is InChI=1S/C21H29N5O/c1-24(2)20-13-19(22-16-23-20)11-18-14-25(3)9-10-26(15-18)21(27)12-17-7-5-4-6-8-17/h4-8,13,16,18H,9-12,14-15H2,1-3H3/t18-/m0/s1. The monoisotopic (exact) mass is 367 g/mol. The average molecular weight is 367 g/mol. The zero-order valence-electron chi connectivity index (χ0n) is 16.5. The van der Waals surface area contributed by atoms with Crippen molar-refractivity contribution in [2.45, 2.75) is 12.8 Å². The molecule has 144 valence electrons. The predicted octanol–water partition coefficient (Wildman–Crippen LogP) is 1.72. The van der Waals surface area contributed by atoms with Gasteiger partial charge in [0.25, 0.3) is 0 Å². The van der Waals surface area contributed by atoms with Crippen LogP contribution in [0.4, 0.5) is 5.82 Å². The summed E-state index contributed by atoms with van der Waals surface area (Å²) in [6.45, 7) is 3.43. The van der Waals surface area contributed by atoms with Crippen LogP contribution < -0.4 is 4.90 Å². The zero-order valence-corrected chi connectivity index (χ0v) is 16.5. The molecular weight excluding hydrogens is 338 g/mol. The number of aromatic nitrogens is 2. The lowest BCUT2D eigenvalue weighted by Gasteiger charge is -2.24. The Hall–Kier alpha value is -2.47. The summed E-state index contributed by atoms with van der Waals surface area (Å²) in [6, 6.07) is 12.0. The highest BCUT2D eigenvalue weighted by Crippen LogP contribution is 2.17. The van der Waals surface area contributed by atoms with Gasteiger partial charge in [-0.25, -0.2) is 9.97 Å². The van der Waals surface area contributed by atoms with Crippen LogP contribution in [0, 0.1) is 5.92 Å². The van der Waals surface area contributed by atoms with Gasteiger partial charge in [0, 0.05) is 52.0 Å². The fraction of sp³-hybridized carbons (Fsp3) is 0.476. The van der Waals surface area contributed by atoms with Crippen molar-refractivity contribution < 1.29 is 4.79 Å². The average Bonchev–Trinajstić information content (AvgIpc) is 2.84. The molecule has 0 aliphatic carbocycles. The van der Waals surface area contributed by atoms with Crippen molar-refractivity contribution in [3.8, 4) is 0 Å². The Kier molecular flexibility index (Phi) is 6.40. The molecule has 27 heavy (non-hydrogen) atoms. The summed E-state index contributed by atoms with van der Waals surface area (Å²) >= 11 is 0. The van der Waals surface area contributed by atoms with Crippen molar-refractivity contribution in [1.29, 1.82) is 0 Å². The number of benzene rings is 1. The first kappa shape index (κ1) is 19.3. The highest BCUT2D eigenvalue weighted by atomic mass is 16.2. The van der Waals surface area contributed by atoms with Crippen LogP contribution in [-0.2, 0) is 17.6 Å². The van der Waals surface area contributed by atoms with Gasteiger partial charge in [0.2, 0.25) is 5.91 Å². The van der Waals surface area contributed by atoms with Crippen molar-refractivity contribution in [3.05, 3.63) is 54.0 Å². The number of carbonyl (C=O) groups is 1. The molecule has 0 radical (unpaired) electrons. The van der Waals surface area contributed by atoms with Crippen LogP contribution in [0.5, 0.6) is 0 Å². The maximum absolute atomic E-state index is 12.8. The summed E-state index contributed by atoms with van der Waals surface area (Å²) in [4.78, 5) is 27.9. The summed E-state index contributed by atoms with van der Waals surface area (Å²) in [5, 5.41) is 0. The van der Waals surface area contributed by atoms with E-state index in [1.807, 2.05) is 60.3 Å². The van der Waals surface area contributed by atoms with E-state index >= 15 is 0 Å². The Bertz CT molecular complexity index is 749. The maximum Gasteiger partial charge on any atom is 0.227 e. The lowest BCUT2D eigenvalue weighted by atomic mass is 10.0. The van der Waals surface area contributed by atoms with Crippen LogP contribution in [0.15, 0.2) is 42.7 Å². The van der Waals surface area contributed by atoms with E-state index in [2.05, 4.69) is 21.9 Å². The van der Waals surface area contributed by atoms with Crippen LogP contribution in [-0.4, -0.2) is 73.0 Å². The van der Waals surface area contributed by atoms with Crippen molar-refractivity contribution in [2.24, 2.45) is 5.92 Å². The minimum atomic E-state index is 0.207. The van der Waals surface area contributed by atoms with E-state index in [1.165, 1.54) is 0 Å². The number of amides is 1. The second-order valence-corrected chi connectivity index (χ2v) is 7.60. The van der Waals surface area contributed by atoms with Gasteiger partial charge < -0.3 is 14.7 Å². The van der Waals surface area contributed by atoms with Crippen LogP contribution >= 0.6 is 0 Å². The van der Waals surface area contributed by atoms with Crippen LogP contribution in [0.3, 0.4) is 0 Å². The summed E-state index contributed by atoms with van der Waals surface area (Å²) in [6.07, 6.45) is 2.95. The van der Waals surface area contributed by atoms with Gasteiger partial charge in [-0.15, -0.1) is 0 Å². The van der Waals surface area contributed by atoms with Crippen molar-refractivity contribution >= 4 is 11.7 Å². The molecule has 1 aromatic carbocycles. The minimum absolute atomic E-state index is 0.207. The number of rotatable bonds is 5. The van der Waals surface area contributed by atoms with Crippen molar-refractivity contribution in [1.82, 2.24) is 19.8 Å². The second-order valence-electron chi connectivity index (χ2n) is 7.60. The maximum atomic E-state index is 12.8. The molecule has 0 bridgehead atoms. The van der Waals surface area contributed by atoms with Crippen LogP contribution in [0.2, 0.25) is 0 Å². The molecule has 0 N–H and O–H groups in total. The van der Waals surface area contributed by atoms with E-state index in [4.69, 9.17) is 0 Å². The SMILES string of the molecule is CN1CCN(C(=O)Cc2ccccc2)C[C@@H](Cc2cc(N(C)C)ncn2)C1. The van der Waals surface area contributed by atoms with Gasteiger partial charge in [-0.1, -0.05) is 30.3 Å². The first-order valence-electron chi connectivity index (χ1n) is 9.49. The third-order valence-corrected chi connectivity index (χ3v) is 5.02. The van der Waals surface area contributed by atoms with Gasteiger partial charge in [0.15, 0.2) is 0 Å². The number of nitrogens with zero attached hydrogens (tertiary/aromatic N) is 5.